The summed E-state index contributed by atoms with van der Waals surface area (Å²) in [6, 6.07) is 12.3. The van der Waals surface area contributed by atoms with E-state index in [1.807, 2.05) is 12.1 Å². The molecular formula is C19H13ClF3NO. The van der Waals surface area contributed by atoms with Crippen LogP contribution in [0.15, 0.2) is 48.5 Å². The summed E-state index contributed by atoms with van der Waals surface area (Å²) >= 11 is 6.17. The van der Waals surface area contributed by atoms with E-state index in [0.717, 1.165) is 17.5 Å². The average Bonchev–Trinajstić information content (AvgIpc) is 2.59. The van der Waals surface area contributed by atoms with E-state index in [1.165, 1.54) is 6.07 Å². The molecule has 2 aromatic carbocycles. The Bertz CT molecular complexity index is 951. The van der Waals surface area contributed by atoms with Crippen molar-refractivity contribution in [1.29, 1.82) is 0 Å². The molecule has 0 N–H and O–H groups in total. The maximum atomic E-state index is 12.8. The van der Waals surface area contributed by atoms with Crippen LogP contribution in [0.1, 0.15) is 16.7 Å². The Morgan fingerprint density at radius 3 is 2.56 bits per heavy atom. The van der Waals surface area contributed by atoms with Crippen molar-refractivity contribution in [3.8, 4) is 5.75 Å². The van der Waals surface area contributed by atoms with Crippen LogP contribution in [0.4, 0.5) is 13.2 Å². The largest absolute Gasteiger partial charge is 0.497 e. The van der Waals surface area contributed by atoms with Crippen LogP contribution in [-0.2, 0) is 6.18 Å². The fourth-order valence-electron chi connectivity index (χ4n) is 2.40. The Hall–Kier alpha value is -2.53. The SMILES string of the molecule is COc1ccc2nc(Cl)c(/C=C\c3cccc(C(F)(F)F)c3)cc2c1. The summed E-state index contributed by atoms with van der Waals surface area (Å²) in [5.74, 6) is 0.685. The minimum Gasteiger partial charge on any atom is -0.497 e. The van der Waals surface area contributed by atoms with E-state index < -0.39 is 11.7 Å². The van der Waals surface area contributed by atoms with Crippen LogP contribution in [0.5, 0.6) is 5.75 Å². The summed E-state index contributed by atoms with van der Waals surface area (Å²) in [5.41, 5.74) is 1.06. The molecule has 128 valence electrons. The molecular weight excluding hydrogens is 351 g/mol. The molecule has 0 saturated heterocycles. The summed E-state index contributed by atoms with van der Waals surface area (Å²) in [7, 11) is 1.57. The van der Waals surface area contributed by atoms with Crippen molar-refractivity contribution in [2.24, 2.45) is 0 Å². The second kappa shape index (κ2) is 6.76. The van der Waals surface area contributed by atoms with Crippen molar-refractivity contribution >= 4 is 34.7 Å². The van der Waals surface area contributed by atoms with Crippen LogP contribution in [0.2, 0.25) is 5.15 Å². The molecule has 0 amide bonds. The van der Waals surface area contributed by atoms with Gasteiger partial charge in [0.05, 0.1) is 18.2 Å². The maximum Gasteiger partial charge on any atom is 0.416 e. The quantitative estimate of drug-likeness (QED) is 0.525. The number of hydrogen-bond donors (Lipinski definition) is 0. The van der Waals surface area contributed by atoms with Crippen LogP contribution in [0.25, 0.3) is 23.1 Å². The molecule has 0 aliphatic heterocycles. The predicted molar refractivity (Wildman–Crippen MR) is 93.7 cm³/mol. The highest BCUT2D eigenvalue weighted by atomic mass is 35.5. The van der Waals surface area contributed by atoms with Crippen molar-refractivity contribution in [3.63, 3.8) is 0 Å². The Balaban J connectivity index is 1.97. The van der Waals surface area contributed by atoms with Gasteiger partial charge in [0, 0.05) is 10.9 Å². The van der Waals surface area contributed by atoms with Crippen LogP contribution in [-0.4, -0.2) is 12.1 Å². The zero-order valence-electron chi connectivity index (χ0n) is 13.1. The third kappa shape index (κ3) is 3.94. The maximum absolute atomic E-state index is 12.8. The molecule has 0 atom stereocenters. The second-order valence-corrected chi connectivity index (χ2v) is 5.74. The number of fused-ring (bicyclic) bond motifs is 1. The van der Waals surface area contributed by atoms with Crippen LogP contribution in [0, 0.1) is 0 Å². The number of benzene rings is 2. The molecule has 3 aromatic rings. The lowest BCUT2D eigenvalue weighted by Gasteiger charge is -2.07. The number of rotatable bonds is 3. The summed E-state index contributed by atoms with van der Waals surface area (Å²) in [5, 5.41) is 1.10. The third-order valence-corrected chi connectivity index (χ3v) is 3.97. The number of alkyl halides is 3. The highest BCUT2D eigenvalue weighted by Gasteiger charge is 2.30. The summed E-state index contributed by atoms with van der Waals surface area (Å²) in [6.45, 7) is 0. The number of hydrogen-bond acceptors (Lipinski definition) is 2. The van der Waals surface area contributed by atoms with E-state index >= 15 is 0 Å². The van der Waals surface area contributed by atoms with Crippen LogP contribution in [0.3, 0.4) is 0 Å². The summed E-state index contributed by atoms with van der Waals surface area (Å²) in [4.78, 5) is 4.30. The lowest BCUT2D eigenvalue weighted by molar-refractivity contribution is -0.137. The monoisotopic (exact) mass is 363 g/mol. The smallest absolute Gasteiger partial charge is 0.416 e. The van der Waals surface area contributed by atoms with Crippen molar-refractivity contribution in [2.45, 2.75) is 6.18 Å². The Kier molecular flexibility index (Phi) is 4.68. The van der Waals surface area contributed by atoms with E-state index in [1.54, 1.807) is 37.5 Å². The minimum atomic E-state index is -4.37. The lowest BCUT2D eigenvalue weighted by Crippen LogP contribution is -2.04. The highest BCUT2D eigenvalue weighted by molar-refractivity contribution is 6.31. The molecule has 0 bridgehead atoms. The minimum absolute atomic E-state index is 0.279. The van der Waals surface area contributed by atoms with Crippen LogP contribution < -0.4 is 4.74 Å². The third-order valence-electron chi connectivity index (χ3n) is 3.67. The fourth-order valence-corrected chi connectivity index (χ4v) is 2.60. The summed E-state index contributed by atoms with van der Waals surface area (Å²) < 4.78 is 43.5. The molecule has 0 radical (unpaired) electrons. The van der Waals surface area contributed by atoms with Gasteiger partial charge in [0.1, 0.15) is 10.9 Å². The van der Waals surface area contributed by atoms with Gasteiger partial charge in [0.2, 0.25) is 0 Å². The molecule has 0 unspecified atom stereocenters. The standard InChI is InChI=1S/C19H13ClF3NO/c1-25-16-7-8-17-14(11-16)10-13(18(20)24-17)6-5-12-3-2-4-15(9-12)19(21,22)23/h2-11H,1H3/b6-5-. The highest BCUT2D eigenvalue weighted by Crippen LogP contribution is 2.30. The van der Waals surface area contributed by atoms with Gasteiger partial charge in [-0.3, -0.25) is 0 Å². The molecule has 1 heterocycles. The first-order valence-corrected chi connectivity index (χ1v) is 7.74. The van der Waals surface area contributed by atoms with Crippen molar-refractivity contribution < 1.29 is 17.9 Å². The Labute approximate surface area is 147 Å². The molecule has 0 saturated carbocycles. The molecule has 6 heteroatoms. The van der Waals surface area contributed by atoms with Crippen LogP contribution >= 0.6 is 11.6 Å². The molecule has 0 fully saturated rings. The molecule has 25 heavy (non-hydrogen) atoms. The molecule has 1 aromatic heterocycles. The number of methoxy groups -OCH3 is 1. The van der Waals surface area contributed by atoms with Gasteiger partial charge in [0.25, 0.3) is 0 Å². The second-order valence-electron chi connectivity index (χ2n) is 5.38. The number of nitrogens with zero attached hydrogens (tertiary/aromatic N) is 1. The molecule has 2 nitrogen and oxygen atoms in total. The summed E-state index contributed by atoms with van der Waals surface area (Å²) in [6.07, 6.45) is -1.16. The fraction of sp³-hybridized carbons (Fsp3) is 0.105. The van der Waals surface area contributed by atoms with Gasteiger partial charge in [-0.1, -0.05) is 35.9 Å². The van der Waals surface area contributed by atoms with E-state index in [9.17, 15) is 13.2 Å². The zero-order valence-corrected chi connectivity index (χ0v) is 13.9. The zero-order chi connectivity index (χ0) is 18.0. The van der Waals surface area contributed by atoms with E-state index in [0.29, 0.717) is 22.4 Å². The molecule has 0 aliphatic carbocycles. The molecule has 0 spiro atoms. The first-order chi connectivity index (χ1) is 11.9. The van der Waals surface area contributed by atoms with Gasteiger partial charge in [-0.05, 0) is 42.0 Å². The van der Waals surface area contributed by atoms with E-state index in [-0.39, 0.29) is 5.15 Å². The number of halogens is 4. The number of ether oxygens (including phenoxy) is 1. The number of pyridine rings is 1. The van der Waals surface area contributed by atoms with Crippen molar-refractivity contribution in [1.82, 2.24) is 4.98 Å². The lowest BCUT2D eigenvalue weighted by atomic mass is 10.1. The van der Waals surface area contributed by atoms with Crippen molar-refractivity contribution in [3.05, 3.63) is 70.4 Å². The molecule has 0 aliphatic rings. The van der Waals surface area contributed by atoms with Crippen molar-refractivity contribution in [2.75, 3.05) is 7.11 Å². The van der Waals surface area contributed by atoms with E-state index in [2.05, 4.69) is 4.98 Å². The van der Waals surface area contributed by atoms with Gasteiger partial charge in [-0.25, -0.2) is 4.98 Å². The normalized spacial score (nSPS) is 12.0. The van der Waals surface area contributed by atoms with Gasteiger partial charge in [-0.15, -0.1) is 0 Å². The van der Waals surface area contributed by atoms with Gasteiger partial charge in [-0.2, -0.15) is 13.2 Å². The average molecular weight is 364 g/mol. The van der Waals surface area contributed by atoms with E-state index in [4.69, 9.17) is 16.3 Å². The molecule has 3 rings (SSSR count). The Morgan fingerprint density at radius 1 is 1.04 bits per heavy atom. The predicted octanol–water partition coefficient (Wildman–Crippen LogP) is 6.09. The number of aromatic nitrogens is 1. The topological polar surface area (TPSA) is 22.1 Å². The Morgan fingerprint density at radius 2 is 1.84 bits per heavy atom. The van der Waals surface area contributed by atoms with Gasteiger partial charge in [0.15, 0.2) is 0 Å². The van der Waals surface area contributed by atoms with Gasteiger partial charge < -0.3 is 4.74 Å². The first kappa shape index (κ1) is 17.3. The first-order valence-electron chi connectivity index (χ1n) is 7.36. The van der Waals surface area contributed by atoms with Gasteiger partial charge >= 0.3 is 6.18 Å².